The minimum absolute atomic E-state index is 0.0117. The number of amides is 1. The molecule has 1 fully saturated rings. The molecular formula is C21H23BrClN3O. The Bertz CT molecular complexity index is 797. The van der Waals surface area contributed by atoms with Crippen LogP contribution in [-0.4, -0.2) is 29.6 Å². The molecule has 1 saturated heterocycles. The van der Waals surface area contributed by atoms with E-state index in [0.717, 1.165) is 53.2 Å². The average molecular weight is 449 g/mol. The summed E-state index contributed by atoms with van der Waals surface area (Å²) in [5.41, 5.74) is 5.79. The van der Waals surface area contributed by atoms with E-state index >= 15 is 0 Å². The monoisotopic (exact) mass is 447 g/mol. The van der Waals surface area contributed by atoms with Crippen molar-refractivity contribution in [2.75, 3.05) is 13.1 Å². The fourth-order valence-electron chi connectivity index (χ4n) is 3.19. The lowest BCUT2D eigenvalue weighted by molar-refractivity contribution is -0.126. The van der Waals surface area contributed by atoms with Gasteiger partial charge in [-0.3, -0.25) is 9.69 Å². The largest absolute Gasteiger partial charge is 0.299 e. The van der Waals surface area contributed by atoms with Gasteiger partial charge in [0.05, 0.1) is 5.71 Å². The first-order valence-corrected chi connectivity index (χ1v) is 10.3. The van der Waals surface area contributed by atoms with Crippen molar-refractivity contribution in [2.24, 2.45) is 11.0 Å². The molecule has 4 nitrogen and oxygen atoms in total. The maximum Gasteiger partial charge on any atom is 0.243 e. The number of hydrazone groups is 1. The third-order valence-electron chi connectivity index (χ3n) is 4.87. The molecule has 1 heterocycles. The molecule has 1 N–H and O–H groups in total. The van der Waals surface area contributed by atoms with Crippen LogP contribution in [-0.2, 0) is 11.3 Å². The Morgan fingerprint density at radius 2 is 1.78 bits per heavy atom. The highest BCUT2D eigenvalue weighted by atomic mass is 79.9. The first kappa shape index (κ1) is 20.1. The lowest BCUT2D eigenvalue weighted by atomic mass is 9.96. The van der Waals surface area contributed by atoms with Crippen LogP contribution in [0, 0.1) is 5.92 Å². The van der Waals surface area contributed by atoms with Gasteiger partial charge in [-0.15, -0.1) is 0 Å². The number of halogens is 2. The number of rotatable bonds is 5. The van der Waals surface area contributed by atoms with Crippen molar-refractivity contribution in [1.82, 2.24) is 10.3 Å². The normalized spacial score (nSPS) is 16.3. The number of carbonyl (C=O) groups is 1. The van der Waals surface area contributed by atoms with Crippen LogP contribution in [0.25, 0.3) is 0 Å². The molecule has 0 bridgehead atoms. The maximum absolute atomic E-state index is 12.4. The van der Waals surface area contributed by atoms with Crippen molar-refractivity contribution >= 4 is 39.1 Å². The molecule has 0 unspecified atom stereocenters. The number of likely N-dealkylation sites (tertiary alicyclic amines) is 1. The number of hydrogen-bond donors (Lipinski definition) is 1. The number of nitrogens with one attached hydrogen (secondary N) is 1. The zero-order valence-electron chi connectivity index (χ0n) is 15.3. The van der Waals surface area contributed by atoms with Gasteiger partial charge < -0.3 is 0 Å². The molecule has 0 radical (unpaired) electrons. The summed E-state index contributed by atoms with van der Waals surface area (Å²) in [6, 6.07) is 15.8. The molecule has 0 atom stereocenters. The second kappa shape index (κ2) is 9.49. The number of carbonyl (C=O) groups excluding carboxylic acids is 1. The Morgan fingerprint density at radius 1 is 1.15 bits per heavy atom. The fraction of sp³-hybridized carbons (Fsp3) is 0.333. The van der Waals surface area contributed by atoms with Gasteiger partial charge >= 0.3 is 0 Å². The summed E-state index contributed by atoms with van der Waals surface area (Å²) in [4.78, 5) is 14.8. The van der Waals surface area contributed by atoms with Crippen LogP contribution in [0.1, 0.15) is 30.9 Å². The van der Waals surface area contributed by atoms with Crippen molar-refractivity contribution in [1.29, 1.82) is 0 Å². The van der Waals surface area contributed by atoms with Crippen molar-refractivity contribution in [2.45, 2.75) is 26.3 Å². The second-order valence-electron chi connectivity index (χ2n) is 6.86. The molecule has 6 heteroatoms. The zero-order chi connectivity index (χ0) is 19.2. The molecule has 27 heavy (non-hydrogen) atoms. The smallest absolute Gasteiger partial charge is 0.243 e. The third kappa shape index (κ3) is 5.89. The molecular weight excluding hydrogens is 426 g/mol. The first-order chi connectivity index (χ1) is 13.0. The van der Waals surface area contributed by atoms with Gasteiger partial charge in [0, 0.05) is 22.0 Å². The lowest BCUT2D eigenvalue weighted by Gasteiger charge is -2.30. The predicted octanol–water partition coefficient (Wildman–Crippen LogP) is 4.85. The first-order valence-electron chi connectivity index (χ1n) is 9.08. The van der Waals surface area contributed by atoms with Crippen molar-refractivity contribution in [3.05, 3.63) is 69.2 Å². The van der Waals surface area contributed by atoms with E-state index in [4.69, 9.17) is 11.6 Å². The van der Waals surface area contributed by atoms with Crippen LogP contribution in [0.4, 0.5) is 0 Å². The standard InChI is InChI=1S/C21H23BrClN3O/c1-15(17-4-6-19(22)7-5-17)24-25-21(27)18-10-12-26(13-11-18)14-16-2-8-20(23)9-3-16/h2-9,18H,10-14H2,1H3,(H,25,27)/b24-15+. The molecule has 0 aromatic heterocycles. The molecule has 0 saturated carbocycles. The third-order valence-corrected chi connectivity index (χ3v) is 5.65. The minimum Gasteiger partial charge on any atom is -0.299 e. The van der Waals surface area contributed by atoms with E-state index in [1.54, 1.807) is 0 Å². The van der Waals surface area contributed by atoms with Crippen molar-refractivity contribution in [3.63, 3.8) is 0 Å². The molecule has 1 aliphatic heterocycles. The van der Waals surface area contributed by atoms with E-state index in [2.05, 4.69) is 43.5 Å². The second-order valence-corrected chi connectivity index (χ2v) is 8.21. The van der Waals surface area contributed by atoms with Gasteiger partial charge in [-0.05, 0) is 68.2 Å². The van der Waals surface area contributed by atoms with Gasteiger partial charge in [-0.25, -0.2) is 5.43 Å². The summed E-state index contributed by atoms with van der Waals surface area (Å²) in [7, 11) is 0. The summed E-state index contributed by atoms with van der Waals surface area (Å²) >= 11 is 9.35. The Kier molecular flexibility index (Phi) is 7.05. The molecule has 3 rings (SSSR count). The van der Waals surface area contributed by atoms with E-state index in [0.29, 0.717) is 0 Å². The van der Waals surface area contributed by atoms with Gasteiger partial charge in [-0.1, -0.05) is 51.8 Å². The summed E-state index contributed by atoms with van der Waals surface area (Å²) in [6.45, 7) is 4.62. The highest BCUT2D eigenvalue weighted by molar-refractivity contribution is 9.10. The van der Waals surface area contributed by atoms with E-state index in [-0.39, 0.29) is 11.8 Å². The summed E-state index contributed by atoms with van der Waals surface area (Å²) in [5, 5.41) is 5.03. The van der Waals surface area contributed by atoms with Crippen molar-refractivity contribution < 1.29 is 4.79 Å². The Morgan fingerprint density at radius 3 is 2.41 bits per heavy atom. The van der Waals surface area contributed by atoms with Gasteiger partial charge in [-0.2, -0.15) is 5.10 Å². The van der Waals surface area contributed by atoms with E-state index in [9.17, 15) is 4.79 Å². The van der Waals surface area contributed by atoms with E-state index in [1.165, 1.54) is 5.56 Å². The van der Waals surface area contributed by atoms with E-state index < -0.39 is 0 Å². The molecule has 2 aromatic carbocycles. The van der Waals surface area contributed by atoms with Crippen LogP contribution in [0.2, 0.25) is 5.02 Å². The summed E-state index contributed by atoms with van der Waals surface area (Å²) < 4.78 is 1.02. The molecule has 1 aliphatic rings. The van der Waals surface area contributed by atoms with E-state index in [1.807, 2.05) is 43.3 Å². The van der Waals surface area contributed by atoms with Gasteiger partial charge in [0.2, 0.25) is 5.91 Å². The van der Waals surface area contributed by atoms with Gasteiger partial charge in [0.25, 0.3) is 0 Å². The SMILES string of the molecule is C/C(=N\NC(=O)C1CCN(Cc2ccc(Cl)cc2)CC1)c1ccc(Br)cc1. The molecule has 2 aromatic rings. The van der Waals surface area contributed by atoms with Crippen LogP contribution in [0.5, 0.6) is 0 Å². The van der Waals surface area contributed by atoms with Crippen LogP contribution in [0.15, 0.2) is 58.1 Å². The Balaban J connectivity index is 1.47. The number of hydrogen-bond acceptors (Lipinski definition) is 3. The van der Waals surface area contributed by atoms with Crippen molar-refractivity contribution in [3.8, 4) is 0 Å². The lowest BCUT2D eigenvalue weighted by Crippen LogP contribution is -2.39. The maximum atomic E-state index is 12.4. The minimum atomic E-state index is 0.0117. The molecule has 0 spiro atoms. The van der Waals surface area contributed by atoms with Crippen LogP contribution < -0.4 is 5.43 Å². The quantitative estimate of drug-likeness (QED) is 0.525. The number of nitrogens with zero attached hydrogens (tertiary/aromatic N) is 2. The number of benzene rings is 2. The fourth-order valence-corrected chi connectivity index (χ4v) is 3.58. The zero-order valence-corrected chi connectivity index (χ0v) is 17.6. The summed E-state index contributed by atoms with van der Waals surface area (Å²) in [6.07, 6.45) is 1.71. The number of piperidine rings is 1. The molecule has 1 amide bonds. The average Bonchev–Trinajstić information content (AvgIpc) is 2.69. The highest BCUT2D eigenvalue weighted by Gasteiger charge is 2.24. The Labute approximate surface area is 173 Å². The van der Waals surface area contributed by atoms with Crippen LogP contribution in [0.3, 0.4) is 0 Å². The predicted molar refractivity (Wildman–Crippen MR) is 114 cm³/mol. The highest BCUT2D eigenvalue weighted by Crippen LogP contribution is 2.20. The summed E-state index contributed by atoms with van der Waals surface area (Å²) in [5.74, 6) is 0.0329. The van der Waals surface area contributed by atoms with Gasteiger partial charge in [0.15, 0.2) is 0 Å². The van der Waals surface area contributed by atoms with Gasteiger partial charge in [0.1, 0.15) is 0 Å². The van der Waals surface area contributed by atoms with Crippen LogP contribution >= 0.6 is 27.5 Å². The topological polar surface area (TPSA) is 44.7 Å². The molecule has 142 valence electrons. The molecule has 0 aliphatic carbocycles. The Hall–Kier alpha value is -1.69.